The molecule has 0 bridgehead atoms. The molecule has 1 amide bonds. The molecule has 2 aromatic heterocycles. The number of fused-ring (bicyclic) bond motifs is 1. The van der Waals surface area contributed by atoms with Gasteiger partial charge >= 0.3 is 0 Å². The molecule has 0 aromatic carbocycles. The lowest BCUT2D eigenvalue weighted by molar-refractivity contribution is 0.0690. The maximum absolute atomic E-state index is 12.7. The van der Waals surface area contributed by atoms with Crippen LogP contribution in [0.25, 0.3) is 0 Å². The number of aryl methyl sites for hydroxylation is 3. The molecular formula is C16H19N3O3S. The molecule has 0 saturated carbocycles. The van der Waals surface area contributed by atoms with Crippen LogP contribution in [-0.2, 0) is 4.74 Å². The van der Waals surface area contributed by atoms with Gasteiger partial charge in [-0.3, -0.25) is 4.79 Å². The molecule has 2 saturated heterocycles. The van der Waals surface area contributed by atoms with Crippen molar-refractivity contribution in [1.29, 1.82) is 0 Å². The molecule has 3 atom stereocenters. The highest BCUT2D eigenvalue weighted by atomic mass is 32.1. The minimum absolute atomic E-state index is 0.0679. The van der Waals surface area contributed by atoms with Crippen LogP contribution in [0.3, 0.4) is 0 Å². The van der Waals surface area contributed by atoms with Crippen LogP contribution in [0.2, 0.25) is 0 Å². The van der Waals surface area contributed by atoms with E-state index >= 15 is 0 Å². The Labute approximate surface area is 138 Å². The average molecular weight is 333 g/mol. The lowest BCUT2D eigenvalue weighted by Crippen LogP contribution is -2.30. The third-order valence-corrected chi connectivity index (χ3v) is 5.98. The van der Waals surface area contributed by atoms with Crippen LogP contribution in [0.4, 0.5) is 0 Å². The molecule has 7 heteroatoms. The number of hydrogen-bond acceptors (Lipinski definition) is 6. The quantitative estimate of drug-likeness (QED) is 0.843. The molecule has 2 fully saturated rings. The number of carbonyl (C=O) groups excluding carboxylic acids is 1. The van der Waals surface area contributed by atoms with Crippen molar-refractivity contribution in [3.63, 3.8) is 0 Å². The second-order valence-electron chi connectivity index (χ2n) is 6.36. The monoisotopic (exact) mass is 333 g/mol. The number of rotatable bonds is 2. The van der Waals surface area contributed by atoms with Crippen molar-refractivity contribution in [3.8, 4) is 0 Å². The maximum atomic E-state index is 12.7. The molecule has 122 valence electrons. The smallest absolute Gasteiger partial charge is 0.264 e. The minimum atomic E-state index is 0.0679. The van der Waals surface area contributed by atoms with Crippen LogP contribution in [0.1, 0.15) is 37.8 Å². The Morgan fingerprint density at radius 1 is 1.30 bits per heavy atom. The van der Waals surface area contributed by atoms with Crippen LogP contribution in [0.15, 0.2) is 10.5 Å². The second-order valence-corrected chi connectivity index (χ2v) is 7.62. The van der Waals surface area contributed by atoms with E-state index in [9.17, 15) is 4.79 Å². The van der Waals surface area contributed by atoms with Gasteiger partial charge in [-0.05, 0) is 25.5 Å². The molecule has 2 aromatic rings. The number of nitrogens with zero attached hydrogens (tertiary/aromatic N) is 3. The van der Waals surface area contributed by atoms with Gasteiger partial charge in [0.1, 0.15) is 0 Å². The van der Waals surface area contributed by atoms with Crippen LogP contribution >= 0.6 is 11.3 Å². The topological polar surface area (TPSA) is 68.5 Å². The van der Waals surface area contributed by atoms with Gasteiger partial charge in [0.15, 0.2) is 0 Å². The summed E-state index contributed by atoms with van der Waals surface area (Å²) >= 11 is 1.57. The molecular weight excluding hydrogens is 314 g/mol. The summed E-state index contributed by atoms with van der Waals surface area (Å²) in [5.41, 5.74) is 1.17. The lowest BCUT2D eigenvalue weighted by Gasteiger charge is -2.17. The van der Waals surface area contributed by atoms with Crippen molar-refractivity contribution < 1.29 is 13.9 Å². The number of amides is 1. The van der Waals surface area contributed by atoms with Gasteiger partial charge < -0.3 is 14.1 Å². The van der Waals surface area contributed by atoms with Gasteiger partial charge in [-0.25, -0.2) is 0 Å². The largest absolute Gasteiger partial charge is 0.425 e. The molecule has 0 N–H and O–H groups in total. The Balaban J connectivity index is 1.51. The SMILES string of the molecule is Cc1nnc([C@@H]2CO[C@H]3CN(C(=O)c4cc(C)c(C)s4)C[C@H]32)o1. The summed E-state index contributed by atoms with van der Waals surface area (Å²) in [4.78, 5) is 16.6. The van der Waals surface area contributed by atoms with E-state index in [1.54, 1.807) is 18.3 Å². The van der Waals surface area contributed by atoms with E-state index in [4.69, 9.17) is 9.15 Å². The number of carbonyl (C=O) groups is 1. The molecule has 23 heavy (non-hydrogen) atoms. The Bertz CT molecular complexity index is 734. The standard InChI is InChI=1S/C16H19N3O3S/c1-8-4-14(23-9(8)2)16(20)19-5-11-12(7-21-13(11)6-19)15-18-17-10(3)22-15/h4,11-13H,5-7H2,1-3H3/t11-,12+,13-/m0/s1. The summed E-state index contributed by atoms with van der Waals surface area (Å²) in [6.45, 7) is 7.80. The predicted octanol–water partition coefficient (Wildman–Crippen LogP) is 2.31. The molecule has 0 spiro atoms. The van der Waals surface area contributed by atoms with Crippen LogP contribution in [-0.4, -0.2) is 46.8 Å². The van der Waals surface area contributed by atoms with Gasteiger partial charge in [0, 0.05) is 30.8 Å². The highest BCUT2D eigenvalue weighted by molar-refractivity contribution is 7.14. The summed E-state index contributed by atoms with van der Waals surface area (Å²) in [5, 5.41) is 8.04. The molecule has 0 unspecified atom stereocenters. The molecule has 0 aliphatic carbocycles. The minimum Gasteiger partial charge on any atom is -0.425 e. The fourth-order valence-corrected chi connectivity index (χ4v) is 4.43. The molecule has 4 rings (SSSR count). The summed E-state index contributed by atoms with van der Waals surface area (Å²) < 4.78 is 11.5. The van der Waals surface area contributed by atoms with Crippen molar-refractivity contribution in [1.82, 2.24) is 15.1 Å². The molecule has 6 nitrogen and oxygen atoms in total. The van der Waals surface area contributed by atoms with E-state index in [-0.39, 0.29) is 23.8 Å². The first-order valence-corrected chi connectivity index (χ1v) is 8.62. The Morgan fingerprint density at radius 3 is 2.78 bits per heavy atom. The van der Waals surface area contributed by atoms with Crippen molar-refractivity contribution in [3.05, 3.63) is 33.2 Å². The van der Waals surface area contributed by atoms with E-state index in [0.29, 0.717) is 31.5 Å². The first-order valence-electron chi connectivity index (χ1n) is 7.81. The fraction of sp³-hybridized carbons (Fsp3) is 0.562. The van der Waals surface area contributed by atoms with Crippen LogP contribution in [0.5, 0.6) is 0 Å². The lowest BCUT2D eigenvalue weighted by atomic mass is 9.93. The molecule has 4 heterocycles. The summed E-state index contributed by atoms with van der Waals surface area (Å²) in [6, 6.07) is 1.98. The summed E-state index contributed by atoms with van der Waals surface area (Å²) in [6.07, 6.45) is 0.0679. The fourth-order valence-electron chi connectivity index (χ4n) is 3.43. The van der Waals surface area contributed by atoms with E-state index in [2.05, 4.69) is 10.2 Å². The van der Waals surface area contributed by atoms with Gasteiger partial charge in [-0.15, -0.1) is 21.5 Å². The number of ether oxygens (including phenoxy) is 1. The van der Waals surface area contributed by atoms with Crippen molar-refractivity contribution >= 4 is 17.2 Å². The number of likely N-dealkylation sites (tertiary alicyclic amines) is 1. The number of hydrogen-bond donors (Lipinski definition) is 0. The summed E-state index contributed by atoms with van der Waals surface area (Å²) in [7, 11) is 0. The average Bonchev–Trinajstić information content (AvgIpc) is 3.24. The van der Waals surface area contributed by atoms with E-state index in [0.717, 1.165) is 4.88 Å². The van der Waals surface area contributed by atoms with Crippen molar-refractivity contribution in [2.24, 2.45) is 5.92 Å². The van der Waals surface area contributed by atoms with Gasteiger partial charge in [-0.1, -0.05) is 0 Å². The van der Waals surface area contributed by atoms with Crippen LogP contribution < -0.4 is 0 Å². The first kappa shape index (κ1) is 14.8. The van der Waals surface area contributed by atoms with Crippen LogP contribution in [0, 0.1) is 26.7 Å². The Morgan fingerprint density at radius 2 is 2.13 bits per heavy atom. The van der Waals surface area contributed by atoms with Gasteiger partial charge in [0.25, 0.3) is 5.91 Å². The van der Waals surface area contributed by atoms with E-state index in [1.807, 2.05) is 24.8 Å². The highest BCUT2D eigenvalue weighted by Crippen LogP contribution is 2.40. The zero-order valence-electron chi connectivity index (χ0n) is 13.4. The van der Waals surface area contributed by atoms with Crippen molar-refractivity contribution in [2.75, 3.05) is 19.7 Å². The van der Waals surface area contributed by atoms with Gasteiger partial charge in [0.2, 0.25) is 11.8 Å². The number of aromatic nitrogens is 2. The van der Waals surface area contributed by atoms with Crippen molar-refractivity contribution in [2.45, 2.75) is 32.8 Å². The predicted molar refractivity (Wildman–Crippen MR) is 84.7 cm³/mol. The number of thiophene rings is 1. The first-order chi connectivity index (χ1) is 11.0. The molecule has 0 radical (unpaired) electrons. The maximum Gasteiger partial charge on any atom is 0.264 e. The zero-order chi connectivity index (χ0) is 16.1. The molecule has 2 aliphatic rings. The zero-order valence-corrected chi connectivity index (χ0v) is 14.2. The summed E-state index contributed by atoms with van der Waals surface area (Å²) in [5.74, 6) is 1.63. The normalized spacial score (nSPS) is 26.7. The second kappa shape index (κ2) is 5.42. The third-order valence-electron chi connectivity index (χ3n) is 4.84. The molecule has 2 aliphatic heterocycles. The van der Waals surface area contributed by atoms with Gasteiger partial charge in [-0.2, -0.15) is 0 Å². The Hall–Kier alpha value is -1.73. The Kier molecular flexibility index (Phi) is 3.50. The van der Waals surface area contributed by atoms with E-state index in [1.165, 1.54) is 10.4 Å². The highest BCUT2D eigenvalue weighted by Gasteiger charge is 2.48. The van der Waals surface area contributed by atoms with Gasteiger partial charge in [0.05, 0.1) is 23.5 Å². The van der Waals surface area contributed by atoms with E-state index < -0.39 is 0 Å². The third kappa shape index (κ3) is 2.48.